The van der Waals surface area contributed by atoms with E-state index in [2.05, 4.69) is 5.32 Å². The molecule has 1 aromatic carbocycles. The van der Waals surface area contributed by atoms with Crippen molar-refractivity contribution in [3.8, 4) is 5.75 Å². The fraction of sp³-hybridized carbons (Fsp3) is 0.529. The molecule has 2 saturated heterocycles. The highest BCUT2D eigenvalue weighted by Gasteiger charge is 2.39. The Bertz CT molecular complexity index is 600. The predicted molar refractivity (Wildman–Crippen MR) is 85.6 cm³/mol. The van der Waals surface area contributed by atoms with E-state index in [4.69, 9.17) is 14.2 Å². The summed E-state index contributed by atoms with van der Waals surface area (Å²) >= 11 is 0. The van der Waals surface area contributed by atoms with Gasteiger partial charge < -0.3 is 19.5 Å². The molecule has 24 heavy (non-hydrogen) atoms. The molecule has 3 rings (SSSR count). The fourth-order valence-corrected chi connectivity index (χ4v) is 2.96. The Hall–Kier alpha value is -2.28. The van der Waals surface area contributed by atoms with E-state index in [1.807, 2.05) is 24.3 Å². The molecule has 130 valence electrons. The lowest BCUT2D eigenvalue weighted by molar-refractivity contribution is -0.125. The van der Waals surface area contributed by atoms with Gasteiger partial charge in [0.15, 0.2) is 0 Å². The number of carbonyl (C=O) groups is 2. The van der Waals surface area contributed by atoms with Crippen LogP contribution in [0.3, 0.4) is 0 Å². The number of hydrogen-bond donors (Lipinski definition) is 1. The molecule has 2 aliphatic heterocycles. The molecule has 1 aromatic rings. The van der Waals surface area contributed by atoms with E-state index in [0.717, 1.165) is 17.7 Å². The van der Waals surface area contributed by atoms with E-state index in [9.17, 15) is 9.59 Å². The summed E-state index contributed by atoms with van der Waals surface area (Å²) in [6.07, 6.45) is 0.477. The first-order chi connectivity index (χ1) is 11.7. The van der Waals surface area contributed by atoms with Crippen LogP contribution in [0.5, 0.6) is 5.75 Å². The van der Waals surface area contributed by atoms with Crippen molar-refractivity contribution in [1.29, 1.82) is 0 Å². The largest absolute Gasteiger partial charge is 0.497 e. The van der Waals surface area contributed by atoms with Crippen LogP contribution in [0, 0.1) is 5.92 Å². The van der Waals surface area contributed by atoms with Gasteiger partial charge in [-0.25, -0.2) is 4.79 Å². The van der Waals surface area contributed by atoms with Crippen LogP contribution in [-0.4, -0.2) is 56.4 Å². The average Bonchev–Trinajstić information content (AvgIpc) is 3.24. The second kappa shape index (κ2) is 7.53. The van der Waals surface area contributed by atoms with Gasteiger partial charge in [-0.1, -0.05) is 12.1 Å². The summed E-state index contributed by atoms with van der Waals surface area (Å²) in [7, 11) is 1.60. The number of hydrogen-bond acceptors (Lipinski definition) is 5. The maximum Gasteiger partial charge on any atom is 0.410 e. The number of nitrogens with zero attached hydrogens (tertiary/aromatic N) is 1. The smallest absolute Gasteiger partial charge is 0.410 e. The first kappa shape index (κ1) is 16.6. The zero-order valence-corrected chi connectivity index (χ0v) is 13.7. The van der Waals surface area contributed by atoms with Gasteiger partial charge in [0.2, 0.25) is 5.91 Å². The number of ether oxygens (including phenoxy) is 3. The number of cyclic esters (lactones) is 1. The molecule has 0 radical (unpaired) electrons. The van der Waals surface area contributed by atoms with Crippen molar-refractivity contribution in [1.82, 2.24) is 10.2 Å². The number of rotatable bonds is 6. The second-order valence-electron chi connectivity index (χ2n) is 6.04. The molecule has 1 unspecified atom stereocenters. The van der Waals surface area contributed by atoms with Crippen LogP contribution in [0.15, 0.2) is 24.3 Å². The van der Waals surface area contributed by atoms with Gasteiger partial charge in [-0.15, -0.1) is 0 Å². The fourth-order valence-electron chi connectivity index (χ4n) is 2.96. The Morgan fingerprint density at radius 1 is 1.42 bits per heavy atom. The molecule has 2 aliphatic rings. The quantitative estimate of drug-likeness (QED) is 0.845. The summed E-state index contributed by atoms with van der Waals surface area (Å²) in [6, 6.07) is 6.91. The molecule has 2 amide bonds. The third kappa shape index (κ3) is 3.79. The molecule has 1 N–H and O–H groups in total. The summed E-state index contributed by atoms with van der Waals surface area (Å²) in [5.41, 5.74) is 0.934. The molecule has 0 spiro atoms. The van der Waals surface area contributed by atoms with Crippen molar-refractivity contribution in [2.45, 2.75) is 19.0 Å². The zero-order chi connectivity index (χ0) is 16.9. The standard InChI is InChI=1S/C17H22N2O5/c1-22-14-4-2-3-12(7-14)8-18-16(20)15-11-24-17(21)19(15)9-13-5-6-23-10-13/h2-4,7,13,15H,5-6,8-11H2,1H3,(H,18,20)/t13?,15-/m0/s1. The predicted octanol–water partition coefficient (Wildman–Crippen LogP) is 1.17. The highest BCUT2D eigenvalue weighted by atomic mass is 16.6. The van der Waals surface area contributed by atoms with Gasteiger partial charge in [0.25, 0.3) is 0 Å². The average molecular weight is 334 g/mol. The van der Waals surface area contributed by atoms with E-state index >= 15 is 0 Å². The second-order valence-corrected chi connectivity index (χ2v) is 6.04. The summed E-state index contributed by atoms with van der Waals surface area (Å²) in [4.78, 5) is 25.9. The normalized spacial score (nSPS) is 23.2. The highest BCUT2D eigenvalue weighted by molar-refractivity contribution is 5.87. The summed E-state index contributed by atoms with van der Waals surface area (Å²) in [5.74, 6) is 0.802. The maximum atomic E-state index is 12.5. The lowest BCUT2D eigenvalue weighted by Gasteiger charge is -2.23. The van der Waals surface area contributed by atoms with E-state index in [-0.39, 0.29) is 18.4 Å². The minimum Gasteiger partial charge on any atom is -0.497 e. The van der Waals surface area contributed by atoms with Gasteiger partial charge in [0, 0.05) is 25.6 Å². The van der Waals surface area contributed by atoms with Crippen LogP contribution in [-0.2, 0) is 20.8 Å². The highest BCUT2D eigenvalue weighted by Crippen LogP contribution is 2.20. The van der Waals surface area contributed by atoms with E-state index in [1.165, 1.54) is 4.90 Å². The third-order valence-corrected chi connectivity index (χ3v) is 4.36. The van der Waals surface area contributed by atoms with Gasteiger partial charge in [-0.05, 0) is 24.1 Å². The number of benzene rings is 1. The molecular formula is C17H22N2O5. The number of carbonyl (C=O) groups excluding carboxylic acids is 2. The Morgan fingerprint density at radius 3 is 3.04 bits per heavy atom. The summed E-state index contributed by atoms with van der Waals surface area (Å²) in [5, 5.41) is 2.87. The van der Waals surface area contributed by atoms with Crippen molar-refractivity contribution in [3.63, 3.8) is 0 Å². The maximum absolute atomic E-state index is 12.5. The number of methoxy groups -OCH3 is 1. The van der Waals surface area contributed by atoms with Crippen molar-refractivity contribution in [3.05, 3.63) is 29.8 Å². The Balaban J connectivity index is 1.57. The lowest BCUT2D eigenvalue weighted by atomic mass is 10.1. The van der Waals surface area contributed by atoms with Crippen molar-refractivity contribution >= 4 is 12.0 Å². The minimum absolute atomic E-state index is 0.0936. The van der Waals surface area contributed by atoms with E-state index < -0.39 is 12.1 Å². The molecule has 2 fully saturated rings. The molecule has 0 bridgehead atoms. The Kier molecular flexibility index (Phi) is 5.20. The molecule has 2 heterocycles. The molecular weight excluding hydrogens is 312 g/mol. The van der Waals surface area contributed by atoms with Crippen LogP contribution in [0.2, 0.25) is 0 Å². The number of nitrogens with one attached hydrogen (secondary N) is 1. The van der Waals surface area contributed by atoms with Crippen LogP contribution >= 0.6 is 0 Å². The number of amides is 2. The van der Waals surface area contributed by atoms with Gasteiger partial charge in [0.1, 0.15) is 18.4 Å². The Morgan fingerprint density at radius 2 is 2.29 bits per heavy atom. The van der Waals surface area contributed by atoms with Crippen LogP contribution in [0.1, 0.15) is 12.0 Å². The van der Waals surface area contributed by atoms with Crippen LogP contribution in [0.4, 0.5) is 4.79 Å². The summed E-state index contributed by atoms with van der Waals surface area (Å²) < 4.78 is 15.6. The summed E-state index contributed by atoms with van der Waals surface area (Å²) in [6.45, 7) is 2.30. The monoisotopic (exact) mass is 334 g/mol. The van der Waals surface area contributed by atoms with Gasteiger partial charge in [0.05, 0.1) is 13.7 Å². The van der Waals surface area contributed by atoms with Gasteiger partial charge in [-0.2, -0.15) is 0 Å². The molecule has 7 nitrogen and oxygen atoms in total. The van der Waals surface area contributed by atoms with Crippen molar-refractivity contribution in [2.75, 3.05) is 33.5 Å². The van der Waals surface area contributed by atoms with Crippen LogP contribution in [0.25, 0.3) is 0 Å². The van der Waals surface area contributed by atoms with Gasteiger partial charge in [-0.3, -0.25) is 9.69 Å². The topological polar surface area (TPSA) is 77.1 Å². The molecule has 0 saturated carbocycles. The first-order valence-corrected chi connectivity index (χ1v) is 8.09. The zero-order valence-electron chi connectivity index (χ0n) is 13.7. The van der Waals surface area contributed by atoms with E-state index in [0.29, 0.717) is 26.3 Å². The Labute approximate surface area is 140 Å². The molecule has 0 aliphatic carbocycles. The van der Waals surface area contributed by atoms with Crippen molar-refractivity contribution in [2.24, 2.45) is 5.92 Å². The SMILES string of the molecule is COc1cccc(CNC(=O)[C@@H]2COC(=O)N2CC2CCOC2)c1. The molecule has 2 atom stereocenters. The van der Waals surface area contributed by atoms with Crippen molar-refractivity contribution < 1.29 is 23.8 Å². The first-order valence-electron chi connectivity index (χ1n) is 8.09. The molecule has 0 aromatic heterocycles. The minimum atomic E-state index is -0.580. The third-order valence-electron chi connectivity index (χ3n) is 4.36. The van der Waals surface area contributed by atoms with Crippen LogP contribution < -0.4 is 10.1 Å². The van der Waals surface area contributed by atoms with Gasteiger partial charge >= 0.3 is 6.09 Å². The molecule has 7 heteroatoms. The van der Waals surface area contributed by atoms with E-state index in [1.54, 1.807) is 7.11 Å². The lowest BCUT2D eigenvalue weighted by Crippen LogP contribution is -2.47.